The summed E-state index contributed by atoms with van der Waals surface area (Å²) in [6.07, 6.45) is 2.57. The Morgan fingerprint density at radius 2 is 2.00 bits per heavy atom. The maximum Gasteiger partial charge on any atom is 0.146 e. The zero-order valence-corrected chi connectivity index (χ0v) is 12.7. The molecule has 0 radical (unpaired) electrons. The van der Waals surface area contributed by atoms with Gasteiger partial charge in [-0.2, -0.15) is 0 Å². The molecule has 0 amide bonds. The first-order chi connectivity index (χ1) is 9.11. The van der Waals surface area contributed by atoms with Gasteiger partial charge in [-0.1, -0.05) is 6.92 Å². The van der Waals surface area contributed by atoms with Gasteiger partial charge in [-0.15, -0.1) is 10.2 Å². The van der Waals surface area contributed by atoms with E-state index in [-0.39, 0.29) is 0 Å². The summed E-state index contributed by atoms with van der Waals surface area (Å²) in [6, 6.07) is 0.643. The Bertz CT molecular complexity index is 393. The van der Waals surface area contributed by atoms with Gasteiger partial charge in [0.1, 0.15) is 11.6 Å². The second-order valence-corrected chi connectivity index (χ2v) is 5.68. The highest BCUT2D eigenvalue weighted by molar-refractivity contribution is 4.93. The molecule has 1 aromatic heterocycles. The number of aryl methyl sites for hydroxylation is 1. The van der Waals surface area contributed by atoms with Crippen LogP contribution >= 0.6 is 0 Å². The van der Waals surface area contributed by atoms with Crippen LogP contribution in [0.2, 0.25) is 0 Å². The Hall–Kier alpha value is -0.940. The number of aromatic nitrogens is 3. The van der Waals surface area contributed by atoms with Gasteiger partial charge in [-0.3, -0.25) is 4.90 Å². The molecule has 2 heterocycles. The lowest BCUT2D eigenvalue weighted by molar-refractivity contribution is 0.153. The summed E-state index contributed by atoms with van der Waals surface area (Å²) in [6.45, 7) is 10.8. The third-order valence-electron chi connectivity index (χ3n) is 4.41. The molecule has 1 aromatic rings. The van der Waals surface area contributed by atoms with E-state index in [1.165, 1.54) is 25.9 Å². The van der Waals surface area contributed by atoms with Gasteiger partial charge in [0.15, 0.2) is 0 Å². The summed E-state index contributed by atoms with van der Waals surface area (Å²) in [4.78, 5) is 2.50. The summed E-state index contributed by atoms with van der Waals surface area (Å²) in [5.41, 5.74) is 0. The van der Waals surface area contributed by atoms with Crippen LogP contribution in [-0.4, -0.2) is 45.3 Å². The van der Waals surface area contributed by atoms with Crippen LogP contribution < -0.4 is 5.32 Å². The van der Waals surface area contributed by atoms with Crippen molar-refractivity contribution >= 4 is 0 Å². The summed E-state index contributed by atoms with van der Waals surface area (Å²) in [7, 11) is 2.05. The van der Waals surface area contributed by atoms with E-state index in [2.05, 4.69) is 38.8 Å². The predicted molar refractivity (Wildman–Crippen MR) is 76.9 cm³/mol. The minimum atomic E-state index is 0.643. The highest BCUT2D eigenvalue weighted by atomic mass is 15.3. The van der Waals surface area contributed by atoms with Crippen LogP contribution in [-0.2, 0) is 13.6 Å². The Morgan fingerprint density at radius 1 is 1.32 bits per heavy atom. The molecule has 5 nitrogen and oxygen atoms in total. The molecule has 0 spiro atoms. The monoisotopic (exact) mass is 265 g/mol. The molecule has 19 heavy (non-hydrogen) atoms. The van der Waals surface area contributed by atoms with E-state index in [9.17, 15) is 0 Å². The molecule has 1 saturated heterocycles. The minimum Gasteiger partial charge on any atom is -0.317 e. The highest BCUT2D eigenvalue weighted by Crippen LogP contribution is 2.21. The van der Waals surface area contributed by atoms with Crippen molar-refractivity contribution in [3.63, 3.8) is 0 Å². The summed E-state index contributed by atoms with van der Waals surface area (Å²) in [5, 5.41) is 11.9. The molecule has 0 bridgehead atoms. The molecule has 0 aliphatic carbocycles. The maximum absolute atomic E-state index is 4.25. The average Bonchev–Trinajstić information content (AvgIpc) is 2.72. The first kappa shape index (κ1) is 14.5. The van der Waals surface area contributed by atoms with Crippen molar-refractivity contribution in [2.45, 2.75) is 46.2 Å². The van der Waals surface area contributed by atoms with Gasteiger partial charge in [-0.25, -0.2) is 0 Å². The highest BCUT2D eigenvalue weighted by Gasteiger charge is 2.24. The molecular weight excluding hydrogens is 238 g/mol. The number of hydrogen-bond acceptors (Lipinski definition) is 4. The first-order valence-corrected chi connectivity index (χ1v) is 7.42. The van der Waals surface area contributed by atoms with Crippen molar-refractivity contribution in [1.29, 1.82) is 0 Å². The molecule has 0 aromatic carbocycles. The second-order valence-electron chi connectivity index (χ2n) is 5.68. The van der Waals surface area contributed by atoms with Crippen LogP contribution in [0, 0.1) is 12.8 Å². The molecule has 1 aliphatic rings. The number of hydrogen-bond donors (Lipinski definition) is 1. The zero-order chi connectivity index (χ0) is 13.8. The van der Waals surface area contributed by atoms with Crippen LogP contribution in [0.1, 0.15) is 38.3 Å². The van der Waals surface area contributed by atoms with E-state index < -0.39 is 0 Å². The van der Waals surface area contributed by atoms with Crippen molar-refractivity contribution in [2.75, 3.05) is 19.6 Å². The fourth-order valence-electron chi connectivity index (χ4n) is 2.89. The lowest BCUT2D eigenvalue weighted by Gasteiger charge is -2.34. The Balaban J connectivity index is 1.82. The van der Waals surface area contributed by atoms with Crippen molar-refractivity contribution in [1.82, 2.24) is 25.0 Å². The Morgan fingerprint density at radius 3 is 2.53 bits per heavy atom. The normalized spacial score (nSPS) is 19.8. The quantitative estimate of drug-likeness (QED) is 0.872. The Labute approximate surface area is 116 Å². The maximum atomic E-state index is 4.25. The molecule has 0 saturated carbocycles. The smallest absolute Gasteiger partial charge is 0.146 e. The van der Waals surface area contributed by atoms with Crippen molar-refractivity contribution < 1.29 is 0 Å². The van der Waals surface area contributed by atoms with Crippen LogP contribution in [0.3, 0.4) is 0 Å². The van der Waals surface area contributed by atoms with Crippen molar-refractivity contribution in [3.05, 3.63) is 11.6 Å². The van der Waals surface area contributed by atoms with Crippen molar-refractivity contribution in [3.8, 4) is 0 Å². The van der Waals surface area contributed by atoms with Gasteiger partial charge in [0, 0.05) is 13.1 Å². The average molecular weight is 265 g/mol. The minimum absolute atomic E-state index is 0.643. The Kier molecular flexibility index (Phi) is 4.93. The summed E-state index contributed by atoms with van der Waals surface area (Å²) < 4.78 is 2.09. The molecule has 1 N–H and O–H groups in total. The molecule has 1 fully saturated rings. The van der Waals surface area contributed by atoms with Crippen LogP contribution in [0.25, 0.3) is 0 Å². The lowest BCUT2D eigenvalue weighted by atomic mass is 9.90. The van der Waals surface area contributed by atoms with E-state index in [1.807, 2.05) is 14.0 Å². The second kappa shape index (κ2) is 6.48. The summed E-state index contributed by atoms with van der Waals surface area (Å²) >= 11 is 0. The van der Waals surface area contributed by atoms with Crippen molar-refractivity contribution in [2.24, 2.45) is 13.0 Å². The number of piperidine rings is 1. The fraction of sp³-hybridized carbons (Fsp3) is 0.857. The first-order valence-electron chi connectivity index (χ1n) is 7.42. The zero-order valence-electron chi connectivity index (χ0n) is 12.7. The third kappa shape index (κ3) is 3.54. The molecule has 5 heteroatoms. The van der Waals surface area contributed by atoms with Gasteiger partial charge in [0.05, 0.1) is 6.54 Å². The SMILES string of the molecule is CCNC(C)C1CCN(Cc2nnc(C)n2C)CC1. The van der Waals surface area contributed by atoms with E-state index in [0.29, 0.717) is 6.04 Å². The number of likely N-dealkylation sites (tertiary alicyclic amines) is 1. The lowest BCUT2D eigenvalue weighted by Crippen LogP contribution is -2.41. The standard InChI is InChI=1S/C14H27N5/c1-5-15-11(2)13-6-8-19(9-7-13)10-14-17-16-12(3)18(14)4/h11,13,15H,5-10H2,1-4H3. The molecule has 2 rings (SSSR count). The van der Waals surface area contributed by atoms with Gasteiger partial charge in [-0.05, 0) is 52.2 Å². The molecular formula is C14H27N5. The fourth-order valence-corrected chi connectivity index (χ4v) is 2.89. The van der Waals surface area contributed by atoms with E-state index in [1.54, 1.807) is 0 Å². The van der Waals surface area contributed by atoms with E-state index in [0.717, 1.165) is 30.7 Å². The number of nitrogens with one attached hydrogen (secondary N) is 1. The van der Waals surface area contributed by atoms with Gasteiger partial charge in [0.25, 0.3) is 0 Å². The van der Waals surface area contributed by atoms with Crippen LogP contribution in [0.5, 0.6) is 0 Å². The largest absolute Gasteiger partial charge is 0.317 e. The van der Waals surface area contributed by atoms with E-state index >= 15 is 0 Å². The number of rotatable bonds is 5. The molecule has 1 unspecified atom stereocenters. The molecule has 1 aliphatic heterocycles. The number of nitrogens with zero attached hydrogens (tertiary/aromatic N) is 4. The predicted octanol–water partition coefficient (Wildman–Crippen LogP) is 1.33. The van der Waals surface area contributed by atoms with E-state index in [4.69, 9.17) is 0 Å². The molecule has 108 valence electrons. The molecule has 1 atom stereocenters. The topological polar surface area (TPSA) is 46.0 Å². The van der Waals surface area contributed by atoms with Crippen LogP contribution in [0.15, 0.2) is 0 Å². The van der Waals surface area contributed by atoms with Gasteiger partial charge in [0.2, 0.25) is 0 Å². The third-order valence-corrected chi connectivity index (χ3v) is 4.41. The van der Waals surface area contributed by atoms with Crippen LogP contribution in [0.4, 0.5) is 0 Å². The summed E-state index contributed by atoms with van der Waals surface area (Å²) in [5.74, 6) is 2.89. The van der Waals surface area contributed by atoms with Gasteiger partial charge < -0.3 is 9.88 Å². The van der Waals surface area contributed by atoms with Gasteiger partial charge >= 0.3 is 0 Å².